The molecule has 0 saturated carbocycles. The second kappa shape index (κ2) is 5.38. The summed E-state index contributed by atoms with van der Waals surface area (Å²) in [4.78, 5) is 0.195. The Kier molecular flexibility index (Phi) is 4.04. The molecule has 5 heteroatoms. The predicted octanol–water partition coefficient (Wildman–Crippen LogP) is 2.27. The maximum atomic E-state index is 11.9. The Hall–Kier alpha value is -0.910. The maximum Gasteiger partial charge on any atom is 0.297 e. The third-order valence-corrected chi connectivity index (χ3v) is 4.25. The van der Waals surface area contributed by atoms with Gasteiger partial charge in [-0.3, -0.25) is 4.18 Å². The lowest BCUT2D eigenvalue weighted by molar-refractivity contribution is 0.263. The van der Waals surface area contributed by atoms with Crippen LogP contribution in [-0.2, 0) is 19.0 Å². The third kappa shape index (κ3) is 3.31. The number of benzene rings is 1. The van der Waals surface area contributed by atoms with E-state index in [9.17, 15) is 8.42 Å². The molecular weight excluding hydrogens is 252 g/mol. The van der Waals surface area contributed by atoms with Crippen LogP contribution in [0.15, 0.2) is 29.2 Å². The van der Waals surface area contributed by atoms with Crippen LogP contribution in [0.5, 0.6) is 0 Å². The highest BCUT2D eigenvalue weighted by Crippen LogP contribution is 2.27. The first-order valence-corrected chi connectivity index (χ1v) is 7.55. The maximum absolute atomic E-state index is 11.9. The summed E-state index contributed by atoms with van der Waals surface area (Å²) in [6.45, 7) is 4.09. The molecule has 0 amide bonds. The topological polar surface area (TPSA) is 55.9 Å². The highest BCUT2D eigenvalue weighted by atomic mass is 32.2. The minimum absolute atomic E-state index is 0.0647. The number of epoxide rings is 1. The van der Waals surface area contributed by atoms with Crippen molar-refractivity contribution in [1.29, 1.82) is 0 Å². The lowest BCUT2D eigenvalue weighted by atomic mass is 10.2. The van der Waals surface area contributed by atoms with E-state index in [1.165, 1.54) is 0 Å². The molecule has 1 aromatic carbocycles. The van der Waals surface area contributed by atoms with Crippen LogP contribution in [-0.4, -0.2) is 27.2 Å². The number of hydrogen-bond acceptors (Lipinski definition) is 4. The van der Waals surface area contributed by atoms with Gasteiger partial charge in [0.1, 0.15) is 6.10 Å². The van der Waals surface area contributed by atoms with Crippen LogP contribution >= 0.6 is 0 Å². The first-order chi connectivity index (χ1) is 8.53. The van der Waals surface area contributed by atoms with Crippen LogP contribution in [0.25, 0.3) is 0 Å². The molecule has 1 fully saturated rings. The average molecular weight is 270 g/mol. The van der Waals surface area contributed by atoms with Gasteiger partial charge in [0.05, 0.1) is 17.6 Å². The summed E-state index contributed by atoms with van der Waals surface area (Å²) in [5.74, 6) is 0. The molecule has 1 aliphatic heterocycles. The minimum atomic E-state index is -3.65. The van der Waals surface area contributed by atoms with Gasteiger partial charge in [-0.25, -0.2) is 0 Å². The van der Waals surface area contributed by atoms with Crippen molar-refractivity contribution in [1.82, 2.24) is 0 Å². The van der Waals surface area contributed by atoms with Crippen LogP contribution in [0, 0.1) is 6.92 Å². The minimum Gasteiger partial charge on any atom is -0.367 e. The van der Waals surface area contributed by atoms with Gasteiger partial charge in [0.2, 0.25) is 0 Å². The number of aryl methyl sites for hydroxylation is 1. The second-order valence-corrected chi connectivity index (χ2v) is 6.17. The van der Waals surface area contributed by atoms with E-state index in [0.717, 1.165) is 18.4 Å². The Morgan fingerprint density at radius 2 is 1.89 bits per heavy atom. The summed E-state index contributed by atoms with van der Waals surface area (Å²) in [6.07, 6.45) is 2.10. The summed E-state index contributed by atoms with van der Waals surface area (Å²) >= 11 is 0. The van der Waals surface area contributed by atoms with E-state index < -0.39 is 10.1 Å². The standard InChI is InChI=1S/C13H18O4S/c1-3-4-12-13(17-12)9-16-18(14,15)11-7-5-10(2)6-8-11/h5-8,12-13H,3-4,9H2,1-2H3. The van der Waals surface area contributed by atoms with Crippen LogP contribution in [0.3, 0.4) is 0 Å². The van der Waals surface area contributed by atoms with Crippen LogP contribution in [0.2, 0.25) is 0 Å². The number of rotatable bonds is 6. The second-order valence-electron chi connectivity index (χ2n) is 4.55. The molecule has 100 valence electrons. The van der Waals surface area contributed by atoms with Gasteiger partial charge in [-0.05, 0) is 25.5 Å². The molecule has 1 aliphatic rings. The quantitative estimate of drug-likeness (QED) is 0.588. The zero-order valence-electron chi connectivity index (χ0n) is 10.6. The van der Waals surface area contributed by atoms with Crippen LogP contribution in [0.4, 0.5) is 0 Å². The highest BCUT2D eigenvalue weighted by molar-refractivity contribution is 7.86. The van der Waals surface area contributed by atoms with E-state index in [1.807, 2.05) is 6.92 Å². The SMILES string of the molecule is CCCC1OC1COS(=O)(=O)c1ccc(C)cc1. The highest BCUT2D eigenvalue weighted by Gasteiger charge is 2.39. The monoisotopic (exact) mass is 270 g/mol. The van der Waals surface area contributed by atoms with Crippen LogP contribution < -0.4 is 0 Å². The molecule has 2 rings (SSSR count). The van der Waals surface area contributed by atoms with Crippen molar-refractivity contribution in [3.8, 4) is 0 Å². The van der Waals surface area contributed by atoms with E-state index in [0.29, 0.717) is 0 Å². The average Bonchev–Trinajstić information content (AvgIpc) is 3.06. The lowest BCUT2D eigenvalue weighted by Gasteiger charge is -2.04. The van der Waals surface area contributed by atoms with Crippen molar-refractivity contribution in [3.63, 3.8) is 0 Å². The summed E-state index contributed by atoms with van der Waals surface area (Å²) in [5.41, 5.74) is 1.02. The van der Waals surface area contributed by atoms with Crippen LogP contribution in [0.1, 0.15) is 25.3 Å². The molecule has 18 heavy (non-hydrogen) atoms. The number of ether oxygens (including phenoxy) is 1. The summed E-state index contributed by atoms with van der Waals surface area (Å²) in [6, 6.07) is 6.62. The zero-order valence-corrected chi connectivity index (χ0v) is 11.4. The molecule has 0 aliphatic carbocycles. The molecule has 1 aromatic rings. The molecule has 2 unspecified atom stereocenters. The molecule has 4 nitrogen and oxygen atoms in total. The fourth-order valence-corrected chi connectivity index (χ4v) is 2.71. The molecule has 0 N–H and O–H groups in total. The number of hydrogen-bond donors (Lipinski definition) is 0. The van der Waals surface area contributed by atoms with Gasteiger partial charge >= 0.3 is 0 Å². The molecule has 1 saturated heterocycles. The van der Waals surface area contributed by atoms with Crippen molar-refractivity contribution in [3.05, 3.63) is 29.8 Å². The van der Waals surface area contributed by atoms with Gasteiger partial charge in [-0.1, -0.05) is 31.0 Å². The largest absolute Gasteiger partial charge is 0.367 e. The van der Waals surface area contributed by atoms with Crippen molar-refractivity contribution in [2.24, 2.45) is 0 Å². The fraction of sp³-hybridized carbons (Fsp3) is 0.538. The van der Waals surface area contributed by atoms with Gasteiger partial charge in [0.25, 0.3) is 10.1 Å². The van der Waals surface area contributed by atoms with Gasteiger partial charge in [0.15, 0.2) is 0 Å². The van der Waals surface area contributed by atoms with E-state index >= 15 is 0 Å². The Bertz CT molecular complexity index is 492. The smallest absolute Gasteiger partial charge is 0.297 e. The first-order valence-electron chi connectivity index (χ1n) is 6.14. The zero-order chi connectivity index (χ0) is 13.2. The van der Waals surface area contributed by atoms with E-state index in [-0.39, 0.29) is 23.7 Å². The van der Waals surface area contributed by atoms with E-state index in [4.69, 9.17) is 8.92 Å². The normalized spacial score (nSPS) is 23.0. The first kappa shape index (κ1) is 13.5. The van der Waals surface area contributed by atoms with Gasteiger partial charge in [0, 0.05) is 0 Å². The van der Waals surface area contributed by atoms with Gasteiger partial charge in [-0.15, -0.1) is 0 Å². The predicted molar refractivity (Wildman–Crippen MR) is 67.9 cm³/mol. The van der Waals surface area contributed by atoms with Gasteiger partial charge < -0.3 is 4.74 Å². The summed E-state index contributed by atoms with van der Waals surface area (Å²) < 4.78 is 34.0. The van der Waals surface area contributed by atoms with Crippen molar-refractivity contribution in [2.75, 3.05) is 6.61 Å². The fourth-order valence-electron chi connectivity index (χ4n) is 1.79. The van der Waals surface area contributed by atoms with E-state index in [1.54, 1.807) is 24.3 Å². The molecule has 2 atom stereocenters. The third-order valence-electron chi connectivity index (χ3n) is 2.96. The summed E-state index contributed by atoms with van der Waals surface area (Å²) in [5, 5.41) is 0. The Morgan fingerprint density at radius 1 is 1.22 bits per heavy atom. The molecule has 0 bridgehead atoms. The Labute approximate surface area is 108 Å². The molecule has 0 aromatic heterocycles. The Balaban J connectivity index is 1.90. The molecule has 1 heterocycles. The molecular formula is C13H18O4S. The van der Waals surface area contributed by atoms with Crippen molar-refractivity contribution < 1.29 is 17.3 Å². The lowest BCUT2D eigenvalue weighted by Crippen LogP contribution is -2.12. The van der Waals surface area contributed by atoms with Crippen molar-refractivity contribution in [2.45, 2.75) is 43.8 Å². The molecule has 0 radical (unpaired) electrons. The summed E-state index contributed by atoms with van der Waals surface area (Å²) in [7, 11) is -3.65. The molecule has 0 spiro atoms. The Morgan fingerprint density at radius 3 is 2.50 bits per heavy atom. The van der Waals surface area contributed by atoms with E-state index in [2.05, 4.69) is 6.92 Å². The van der Waals surface area contributed by atoms with Crippen molar-refractivity contribution >= 4 is 10.1 Å². The van der Waals surface area contributed by atoms with Gasteiger partial charge in [-0.2, -0.15) is 8.42 Å².